The van der Waals surface area contributed by atoms with Gasteiger partial charge >= 0.3 is 6.18 Å². The van der Waals surface area contributed by atoms with Crippen LogP contribution in [-0.4, -0.2) is 23.2 Å². The SMILES string of the molecule is FC(F)(F)c1nccc(C2CCOCC2)n1. The van der Waals surface area contributed by atoms with E-state index in [0.29, 0.717) is 31.7 Å². The zero-order valence-corrected chi connectivity index (χ0v) is 8.50. The van der Waals surface area contributed by atoms with Crippen LogP contribution in [0.1, 0.15) is 30.3 Å². The van der Waals surface area contributed by atoms with Crippen molar-refractivity contribution >= 4 is 0 Å². The Kier molecular flexibility index (Phi) is 3.09. The molecule has 0 bridgehead atoms. The molecule has 1 aliphatic rings. The Hall–Kier alpha value is -1.17. The van der Waals surface area contributed by atoms with Crippen LogP contribution in [0.3, 0.4) is 0 Å². The molecule has 0 spiro atoms. The largest absolute Gasteiger partial charge is 0.451 e. The van der Waals surface area contributed by atoms with Gasteiger partial charge in [0.25, 0.3) is 0 Å². The van der Waals surface area contributed by atoms with Crippen molar-refractivity contribution in [2.75, 3.05) is 13.2 Å². The van der Waals surface area contributed by atoms with Crippen molar-refractivity contribution in [1.29, 1.82) is 0 Å². The molecule has 0 radical (unpaired) electrons. The number of ether oxygens (including phenoxy) is 1. The fourth-order valence-electron chi connectivity index (χ4n) is 1.73. The number of aromatic nitrogens is 2. The zero-order valence-electron chi connectivity index (χ0n) is 8.50. The lowest BCUT2D eigenvalue weighted by Gasteiger charge is -2.21. The predicted molar refractivity (Wildman–Crippen MR) is 49.8 cm³/mol. The van der Waals surface area contributed by atoms with Crippen molar-refractivity contribution in [3.05, 3.63) is 23.8 Å². The number of alkyl halides is 3. The molecule has 6 heteroatoms. The van der Waals surface area contributed by atoms with E-state index >= 15 is 0 Å². The van der Waals surface area contributed by atoms with E-state index in [-0.39, 0.29) is 5.92 Å². The van der Waals surface area contributed by atoms with E-state index in [1.807, 2.05) is 0 Å². The monoisotopic (exact) mass is 232 g/mol. The number of hydrogen-bond donors (Lipinski definition) is 0. The van der Waals surface area contributed by atoms with Crippen LogP contribution in [0.4, 0.5) is 13.2 Å². The van der Waals surface area contributed by atoms with Crippen molar-refractivity contribution in [2.45, 2.75) is 24.9 Å². The summed E-state index contributed by atoms with van der Waals surface area (Å²) in [5, 5.41) is 0. The summed E-state index contributed by atoms with van der Waals surface area (Å²) in [4.78, 5) is 6.81. The molecule has 16 heavy (non-hydrogen) atoms. The van der Waals surface area contributed by atoms with Gasteiger partial charge in [0, 0.05) is 31.0 Å². The van der Waals surface area contributed by atoms with Gasteiger partial charge in [-0.2, -0.15) is 13.2 Å². The minimum absolute atomic E-state index is 0.0536. The van der Waals surface area contributed by atoms with E-state index < -0.39 is 12.0 Å². The fourth-order valence-corrected chi connectivity index (χ4v) is 1.73. The van der Waals surface area contributed by atoms with Crippen molar-refractivity contribution in [1.82, 2.24) is 9.97 Å². The first-order chi connectivity index (χ1) is 7.57. The number of rotatable bonds is 1. The lowest BCUT2D eigenvalue weighted by molar-refractivity contribution is -0.145. The highest BCUT2D eigenvalue weighted by Crippen LogP contribution is 2.29. The first-order valence-electron chi connectivity index (χ1n) is 5.05. The summed E-state index contributed by atoms with van der Waals surface area (Å²) in [6.45, 7) is 1.16. The number of halogens is 3. The summed E-state index contributed by atoms with van der Waals surface area (Å²) in [6, 6.07) is 1.55. The van der Waals surface area contributed by atoms with Gasteiger partial charge in [0.05, 0.1) is 0 Å². The van der Waals surface area contributed by atoms with Gasteiger partial charge in [-0.1, -0.05) is 0 Å². The summed E-state index contributed by atoms with van der Waals surface area (Å²) in [5.74, 6) is -1.01. The highest BCUT2D eigenvalue weighted by molar-refractivity contribution is 5.10. The van der Waals surface area contributed by atoms with Crippen molar-refractivity contribution in [3.8, 4) is 0 Å². The first kappa shape index (κ1) is 11.3. The van der Waals surface area contributed by atoms with Gasteiger partial charge in [-0.05, 0) is 18.9 Å². The average molecular weight is 232 g/mol. The second-order valence-electron chi connectivity index (χ2n) is 3.69. The van der Waals surface area contributed by atoms with Crippen molar-refractivity contribution in [3.63, 3.8) is 0 Å². The number of nitrogens with zero attached hydrogens (tertiary/aromatic N) is 2. The Morgan fingerprint density at radius 2 is 1.94 bits per heavy atom. The maximum atomic E-state index is 12.4. The van der Waals surface area contributed by atoms with Gasteiger partial charge in [0.1, 0.15) is 0 Å². The first-order valence-corrected chi connectivity index (χ1v) is 5.05. The summed E-state index contributed by atoms with van der Waals surface area (Å²) in [6.07, 6.45) is -1.87. The molecule has 0 saturated carbocycles. The van der Waals surface area contributed by atoms with Gasteiger partial charge in [-0.25, -0.2) is 9.97 Å². The second kappa shape index (κ2) is 4.37. The van der Waals surface area contributed by atoms with E-state index in [1.54, 1.807) is 6.07 Å². The summed E-state index contributed by atoms with van der Waals surface area (Å²) >= 11 is 0. The van der Waals surface area contributed by atoms with E-state index in [4.69, 9.17) is 4.74 Å². The standard InChI is InChI=1S/C10H11F3N2O/c11-10(12,13)9-14-4-1-8(15-9)7-2-5-16-6-3-7/h1,4,7H,2-3,5-6H2. The molecule has 1 fully saturated rings. The van der Waals surface area contributed by atoms with Gasteiger partial charge in [-0.3, -0.25) is 0 Å². The Balaban J connectivity index is 2.21. The van der Waals surface area contributed by atoms with Crippen LogP contribution >= 0.6 is 0 Å². The van der Waals surface area contributed by atoms with Crippen molar-refractivity contribution in [2.24, 2.45) is 0 Å². The van der Waals surface area contributed by atoms with E-state index in [1.165, 1.54) is 6.20 Å². The third-order valence-corrected chi connectivity index (χ3v) is 2.57. The fraction of sp³-hybridized carbons (Fsp3) is 0.600. The lowest BCUT2D eigenvalue weighted by atomic mass is 9.96. The van der Waals surface area contributed by atoms with Crippen LogP contribution in [0.25, 0.3) is 0 Å². The maximum absolute atomic E-state index is 12.4. The van der Waals surface area contributed by atoms with E-state index in [9.17, 15) is 13.2 Å². The normalized spacial score (nSPS) is 18.7. The highest BCUT2D eigenvalue weighted by Gasteiger charge is 2.35. The molecule has 1 aliphatic heterocycles. The second-order valence-corrected chi connectivity index (χ2v) is 3.69. The summed E-state index contributed by atoms with van der Waals surface area (Å²) in [7, 11) is 0. The third-order valence-electron chi connectivity index (χ3n) is 2.57. The van der Waals surface area contributed by atoms with Crippen molar-refractivity contribution < 1.29 is 17.9 Å². The van der Waals surface area contributed by atoms with Crippen LogP contribution in [0, 0.1) is 0 Å². The molecule has 0 N–H and O–H groups in total. The molecule has 3 nitrogen and oxygen atoms in total. The number of hydrogen-bond acceptors (Lipinski definition) is 3. The van der Waals surface area contributed by atoms with Gasteiger partial charge in [0.2, 0.25) is 5.82 Å². The topological polar surface area (TPSA) is 35.0 Å². The molecule has 1 saturated heterocycles. The molecule has 2 rings (SSSR count). The van der Waals surface area contributed by atoms with E-state index in [2.05, 4.69) is 9.97 Å². The van der Waals surface area contributed by atoms with Gasteiger partial charge < -0.3 is 4.74 Å². The molecule has 0 aromatic carbocycles. The highest BCUT2D eigenvalue weighted by atomic mass is 19.4. The average Bonchev–Trinajstić information content (AvgIpc) is 2.29. The maximum Gasteiger partial charge on any atom is 0.451 e. The van der Waals surface area contributed by atoms with Crippen LogP contribution in [0.2, 0.25) is 0 Å². The Labute approximate surface area is 90.7 Å². The smallest absolute Gasteiger partial charge is 0.381 e. The Morgan fingerprint density at radius 1 is 1.25 bits per heavy atom. The van der Waals surface area contributed by atoms with Crippen LogP contribution < -0.4 is 0 Å². The van der Waals surface area contributed by atoms with Gasteiger partial charge in [0.15, 0.2) is 0 Å². The van der Waals surface area contributed by atoms with Gasteiger partial charge in [-0.15, -0.1) is 0 Å². The molecule has 0 atom stereocenters. The lowest BCUT2D eigenvalue weighted by Crippen LogP contribution is -2.18. The van der Waals surface area contributed by atoms with Crippen LogP contribution in [0.15, 0.2) is 12.3 Å². The molecular weight excluding hydrogens is 221 g/mol. The Morgan fingerprint density at radius 3 is 2.56 bits per heavy atom. The summed E-state index contributed by atoms with van der Waals surface area (Å²) in [5.41, 5.74) is 0.464. The summed E-state index contributed by atoms with van der Waals surface area (Å²) < 4.78 is 42.3. The van der Waals surface area contributed by atoms with E-state index in [0.717, 1.165) is 0 Å². The molecular formula is C10H11F3N2O. The molecule has 88 valence electrons. The quantitative estimate of drug-likeness (QED) is 0.745. The minimum Gasteiger partial charge on any atom is -0.381 e. The Bertz CT molecular complexity index is 361. The zero-order chi connectivity index (χ0) is 11.6. The molecule has 2 heterocycles. The molecule has 0 unspecified atom stereocenters. The molecule has 1 aromatic rings. The minimum atomic E-state index is -4.47. The van der Waals surface area contributed by atoms with Crippen LogP contribution in [-0.2, 0) is 10.9 Å². The predicted octanol–water partition coefficient (Wildman–Crippen LogP) is 2.39. The third kappa shape index (κ3) is 2.49. The van der Waals surface area contributed by atoms with Crippen LogP contribution in [0.5, 0.6) is 0 Å². The molecule has 0 aliphatic carbocycles. The molecule has 0 amide bonds. The molecule has 1 aromatic heterocycles.